The van der Waals surface area contributed by atoms with E-state index in [1.165, 1.54) is 4.80 Å². The zero-order valence-electron chi connectivity index (χ0n) is 13.6. The zero-order valence-corrected chi connectivity index (χ0v) is 13.6. The fraction of sp³-hybridized carbons (Fsp3) is 0.467. The number of nitrogens with two attached hydrogens (primary N) is 1. The van der Waals surface area contributed by atoms with Crippen LogP contribution in [0.2, 0.25) is 0 Å². The molecule has 0 aliphatic heterocycles. The van der Waals surface area contributed by atoms with E-state index >= 15 is 0 Å². The molecule has 0 saturated heterocycles. The molecule has 0 aliphatic rings. The standard InChI is InChI=1S/C15H22N6O2/c1-15(2,16)14(22)17-12(13-18-20-21(3)19-13)10-23-9-11-7-5-4-6-8-11/h4-8,12H,9-10,16H2,1-3H3,(H,17,22)/t12-/m1/s1. The average molecular weight is 318 g/mol. The van der Waals surface area contributed by atoms with Gasteiger partial charge in [-0.1, -0.05) is 30.3 Å². The molecule has 1 amide bonds. The minimum absolute atomic E-state index is 0.225. The summed E-state index contributed by atoms with van der Waals surface area (Å²) in [5, 5.41) is 14.7. The van der Waals surface area contributed by atoms with Crippen molar-refractivity contribution in [3.63, 3.8) is 0 Å². The second kappa shape index (κ2) is 7.30. The molecular formula is C15H22N6O2. The number of hydrogen-bond acceptors (Lipinski definition) is 6. The Morgan fingerprint density at radius 2 is 2.09 bits per heavy atom. The van der Waals surface area contributed by atoms with E-state index < -0.39 is 11.6 Å². The molecule has 0 unspecified atom stereocenters. The first-order valence-electron chi connectivity index (χ1n) is 7.31. The van der Waals surface area contributed by atoms with Crippen LogP contribution in [0.25, 0.3) is 0 Å². The number of carbonyl (C=O) groups is 1. The molecule has 23 heavy (non-hydrogen) atoms. The number of ether oxygens (including phenoxy) is 1. The van der Waals surface area contributed by atoms with E-state index in [4.69, 9.17) is 10.5 Å². The molecular weight excluding hydrogens is 296 g/mol. The van der Waals surface area contributed by atoms with Crippen LogP contribution >= 0.6 is 0 Å². The van der Waals surface area contributed by atoms with Gasteiger partial charge in [-0.3, -0.25) is 4.79 Å². The molecule has 0 saturated carbocycles. The molecule has 0 fully saturated rings. The molecule has 2 aromatic rings. The van der Waals surface area contributed by atoms with Gasteiger partial charge in [-0.15, -0.1) is 10.2 Å². The van der Waals surface area contributed by atoms with Crippen molar-refractivity contribution in [3.8, 4) is 0 Å². The van der Waals surface area contributed by atoms with Crippen LogP contribution in [0.4, 0.5) is 0 Å². The number of aromatic nitrogens is 4. The van der Waals surface area contributed by atoms with Crippen molar-refractivity contribution >= 4 is 5.91 Å². The first-order valence-corrected chi connectivity index (χ1v) is 7.31. The summed E-state index contributed by atoms with van der Waals surface area (Å²) in [6.45, 7) is 3.92. The lowest BCUT2D eigenvalue weighted by Gasteiger charge is -2.22. The first kappa shape index (κ1) is 17.0. The highest BCUT2D eigenvalue weighted by Crippen LogP contribution is 2.11. The Morgan fingerprint density at radius 3 is 2.65 bits per heavy atom. The predicted octanol–water partition coefficient (Wildman–Crippen LogP) is 0.322. The number of amides is 1. The monoisotopic (exact) mass is 318 g/mol. The molecule has 1 heterocycles. The van der Waals surface area contributed by atoms with Crippen molar-refractivity contribution in [3.05, 3.63) is 41.7 Å². The van der Waals surface area contributed by atoms with E-state index in [2.05, 4.69) is 20.7 Å². The lowest BCUT2D eigenvalue weighted by atomic mass is 10.1. The zero-order chi connectivity index (χ0) is 16.9. The van der Waals surface area contributed by atoms with E-state index in [1.807, 2.05) is 30.3 Å². The van der Waals surface area contributed by atoms with E-state index in [-0.39, 0.29) is 12.5 Å². The summed E-state index contributed by atoms with van der Waals surface area (Å²) in [5.41, 5.74) is 5.86. The third-order valence-electron chi connectivity index (χ3n) is 3.12. The van der Waals surface area contributed by atoms with E-state index in [0.717, 1.165) is 5.56 Å². The van der Waals surface area contributed by atoms with Gasteiger partial charge in [0.2, 0.25) is 5.91 Å². The van der Waals surface area contributed by atoms with Gasteiger partial charge in [-0.25, -0.2) is 0 Å². The molecule has 8 heteroatoms. The molecule has 124 valence electrons. The normalized spacial score (nSPS) is 12.9. The van der Waals surface area contributed by atoms with Crippen molar-refractivity contribution in [1.82, 2.24) is 25.5 Å². The maximum Gasteiger partial charge on any atom is 0.240 e. The van der Waals surface area contributed by atoms with Gasteiger partial charge in [0.25, 0.3) is 0 Å². The number of nitrogens with zero attached hydrogens (tertiary/aromatic N) is 4. The number of hydrogen-bond donors (Lipinski definition) is 2. The van der Waals surface area contributed by atoms with Gasteiger partial charge in [-0.2, -0.15) is 4.80 Å². The number of nitrogens with one attached hydrogen (secondary N) is 1. The highest BCUT2D eigenvalue weighted by molar-refractivity contribution is 5.85. The van der Waals surface area contributed by atoms with E-state index in [9.17, 15) is 4.79 Å². The molecule has 0 spiro atoms. The lowest BCUT2D eigenvalue weighted by Crippen LogP contribution is -2.50. The molecule has 2 rings (SSSR count). The molecule has 8 nitrogen and oxygen atoms in total. The quantitative estimate of drug-likeness (QED) is 0.761. The maximum atomic E-state index is 12.1. The Kier molecular flexibility index (Phi) is 5.41. The van der Waals surface area contributed by atoms with Crippen molar-refractivity contribution in [2.45, 2.75) is 32.0 Å². The van der Waals surface area contributed by atoms with Crippen LogP contribution < -0.4 is 11.1 Å². The van der Waals surface area contributed by atoms with Gasteiger partial charge >= 0.3 is 0 Å². The Morgan fingerprint density at radius 1 is 1.39 bits per heavy atom. The largest absolute Gasteiger partial charge is 0.374 e. The fourth-order valence-electron chi connectivity index (χ4n) is 1.83. The summed E-state index contributed by atoms with van der Waals surface area (Å²) in [7, 11) is 1.66. The molecule has 1 aromatic carbocycles. The third-order valence-corrected chi connectivity index (χ3v) is 3.12. The number of carbonyl (C=O) groups excluding carboxylic acids is 1. The van der Waals surface area contributed by atoms with Crippen molar-refractivity contribution < 1.29 is 9.53 Å². The molecule has 1 atom stereocenters. The molecule has 3 N–H and O–H groups in total. The third kappa shape index (κ3) is 5.11. The Bertz CT molecular complexity index is 635. The van der Waals surface area contributed by atoms with Gasteiger partial charge in [0, 0.05) is 0 Å². The summed E-state index contributed by atoms with van der Waals surface area (Å²) in [4.78, 5) is 13.4. The first-order chi connectivity index (χ1) is 10.9. The SMILES string of the molecule is Cn1nnc([C@@H](COCc2ccccc2)NC(=O)C(C)(C)N)n1. The molecule has 0 radical (unpaired) electrons. The van der Waals surface area contributed by atoms with Crippen LogP contribution in [0.15, 0.2) is 30.3 Å². The van der Waals surface area contributed by atoms with Crippen LogP contribution in [0.5, 0.6) is 0 Å². The van der Waals surface area contributed by atoms with Crippen LogP contribution in [0, 0.1) is 0 Å². The summed E-state index contributed by atoms with van der Waals surface area (Å²) >= 11 is 0. The second-order valence-electron chi connectivity index (χ2n) is 5.89. The average Bonchev–Trinajstić information content (AvgIpc) is 2.92. The molecule has 0 aliphatic carbocycles. The molecule has 1 aromatic heterocycles. The highest BCUT2D eigenvalue weighted by Gasteiger charge is 2.27. The van der Waals surface area contributed by atoms with Gasteiger partial charge in [-0.05, 0) is 24.6 Å². The fourth-order valence-corrected chi connectivity index (χ4v) is 1.83. The van der Waals surface area contributed by atoms with Gasteiger partial charge in [0.15, 0.2) is 5.82 Å². The van der Waals surface area contributed by atoms with Gasteiger partial charge < -0.3 is 15.8 Å². The summed E-state index contributed by atoms with van der Waals surface area (Å²) in [6, 6.07) is 9.26. The summed E-state index contributed by atoms with van der Waals surface area (Å²) in [5.74, 6) is 0.0800. The number of aryl methyl sites for hydroxylation is 1. The maximum absolute atomic E-state index is 12.1. The van der Waals surface area contributed by atoms with E-state index in [0.29, 0.717) is 12.4 Å². The van der Waals surface area contributed by atoms with Crippen LogP contribution in [-0.4, -0.2) is 38.3 Å². The Hall–Kier alpha value is -2.32. The topological polar surface area (TPSA) is 108 Å². The van der Waals surface area contributed by atoms with E-state index in [1.54, 1.807) is 20.9 Å². The van der Waals surface area contributed by atoms with Crippen molar-refractivity contribution in [1.29, 1.82) is 0 Å². The Balaban J connectivity index is 2.00. The second-order valence-corrected chi connectivity index (χ2v) is 5.89. The van der Waals surface area contributed by atoms with Crippen LogP contribution in [0.1, 0.15) is 31.3 Å². The van der Waals surface area contributed by atoms with Gasteiger partial charge in [0.1, 0.15) is 6.04 Å². The minimum atomic E-state index is -1.00. The van der Waals surface area contributed by atoms with Crippen molar-refractivity contribution in [2.24, 2.45) is 12.8 Å². The number of rotatable bonds is 7. The number of tetrazole rings is 1. The predicted molar refractivity (Wildman–Crippen MR) is 84.0 cm³/mol. The minimum Gasteiger partial charge on any atom is -0.374 e. The highest BCUT2D eigenvalue weighted by atomic mass is 16.5. The number of benzene rings is 1. The van der Waals surface area contributed by atoms with Crippen LogP contribution in [-0.2, 0) is 23.2 Å². The summed E-state index contributed by atoms with van der Waals surface area (Å²) in [6.07, 6.45) is 0. The summed E-state index contributed by atoms with van der Waals surface area (Å²) < 4.78 is 5.69. The molecule has 0 bridgehead atoms. The van der Waals surface area contributed by atoms with Crippen LogP contribution in [0.3, 0.4) is 0 Å². The Labute approximate surface area is 135 Å². The lowest BCUT2D eigenvalue weighted by molar-refractivity contribution is -0.126. The smallest absolute Gasteiger partial charge is 0.240 e. The van der Waals surface area contributed by atoms with Crippen molar-refractivity contribution in [2.75, 3.05) is 6.61 Å². The van der Waals surface area contributed by atoms with Gasteiger partial charge in [0.05, 0.1) is 25.8 Å².